The molecule has 2 rings (SSSR count). The Labute approximate surface area is 120 Å². The van der Waals surface area contributed by atoms with Gasteiger partial charge < -0.3 is 15.3 Å². The van der Waals surface area contributed by atoms with Crippen LogP contribution in [0.2, 0.25) is 5.02 Å². The van der Waals surface area contributed by atoms with Gasteiger partial charge in [-0.3, -0.25) is 4.79 Å². The van der Waals surface area contributed by atoms with Crippen molar-refractivity contribution in [2.75, 3.05) is 18.4 Å². The third-order valence-electron chi connectivity index (χ3n) is 3.17. The van der Waals surface area contributed by atoms with Gasteiger partial charge in [0.1, 0.15) is 6.07 Å². The number of carboxylic acid groups (broad SMARTS) is 1. The molecule has 0 bridgehead atoms. The first-order valence-electron chi connectivity index (χ1n) is 5.99. The van der Waals surface area contributed by atoms with Crippen LogP contribution in [0, 0.1) is 17.2 Å². The molecule has 6 nitrogen and oxygen atoms in total. The maximum atomic E-state index is 12.0. The number of anilines is 1. The molecular weight excluding hydrogens is 282 g/mol. The summed E-state index contributed by atoms with van der Waals surface area (Å²) in [7, 11) is 0. The Morgan fingerprint density at radius 2 is 2.25 bits per heavy atom. The summed E-state index contributed by atoms with van der Waals surface area (Å²) in [5.74, 6) is -1.40. The number of nitrogens with zero attached hydrogens (tertiary/aromatic N) is 2. The summed E-state index contributed by atoms with van der Waals surface area (Å²) < 4.78 is 0. The third kappa shape index (κ3) is 3.00. The lowest BCUT2D eigenvalue weighted by molar-refractivity contribution is -0.141. The number of likely N-dealkylation sites (tertiary alicyclic amines) is 1. The van der Waals surface area contributed by atoms with E-state index in [1.54, 1.807) is 6.07 Å². The van der Waals surface area contributed by atoms with Crippen molar-refractivity contribution in [1.82, 2.24) is 4.90 Å². The molecule has 0 aromatic heterocycles. The number of hydrogen-bond acceptors (Lipinski definition) is 3. The van der Waals surface area contributed by atoms with Crippen molar-refractivity contribution in [1.29, 1.82) is 5.26 Å². The van der Waals surface area contributed by atoms with Crippen LogP contribution in [0.4, 0.5) is 10.5 Å². The first-order chi connectivity index (χ1) is 9.51. The van der Waals surface area contributed by atoms with Crippen molar-refractivity contribution in [3.8, 4) is 6.07 Å². The van der Waals surface area contributed by atoms with E-state index >= 15 is 0 Å². The van der Waals surface area contributed by atoms with E-state index in [1.807, 2.05) is 6.07 Å². The van der Waals surface area contributed by atoms with Gasteiger partial charge in [0.25, 0.3) is 0 Å². The Morgan fingerprint density at radius 1 is 1.50 bits per heavy atom. The fourth-order valence-corrected chi connectivity index (χ4v) is 2.26. The number of benzene rings is 1. The van der Waals surface area contributed by atoms with Gasteiger partial charge >= 0.3 is 12.0 Å². The van der Waals surface area contributed by atoms with E-state index in [0.717, 1.165) is 0 Å². The minimum Gasteiger partial charge on any atom is -0.481 e. The molecule has 2 amide bonds. The lowest BCUT2D eigenvalue weighted by Crippen LogP contribution is -2.33. The van der Waals surface area contributed by atoms with Gasteiger partial charge in [-0.05, 0) is 24.6 Å². The minimum absolute atomic E-state index is 0.200. The monoisotopic (exact) mass is 293 g/mol. The van der Waals surface area contributed by atoms with Crippen LogP contribution in [0.5, 0.6) is 0 Å². The molecule has 0 aliphatic carbocycles. The summed E-state index contributed by atoms with van der Waals surface area (Å²) in [6, 6.07) is 6.14. The minimum atomic E-state index is -0.887. The molecule has 1 atom stereocenters. The summed E-state index contributed by atoms with van der Waals surface area (Å²) in [5, 5.41) is 20.5. The zero-order valence-electron chi connectivity index (χ0n) is 10.5. The molecule has 1 fully saturated rings. The number of rotatable bonds is 2. The van der Waals surface area contributed by atoms with Gasteiger partial charge in [-0.25, -0.2) is 4.79 Å². The molecule has 20 heavy (non-hydrogen) atoms. The van der Waals surface area contributed by atoms with Crippen molar-refractivity contribution in [3.05, 3.63) is 28.8 Å². The van der Waals surface area contributed by atoms with Crippen LogP contribution in [-0.4, -0.2) is 35.1 Å². The zero-order valence-corrected chi connectivity index (χ0v) is 11.2. The van der Waals surface area contributed by atoms with Crippen LogP contribution in [0.25, 0.3) is 0 Å². The number of halogens is 1. The SMILES string of the molecule is N#Cc1ccc(NC(=O)N2CCC(C(=O)O)C2)cc1Cl. The maximum Gasteiger partial charge on any atom is 0.321 e. The van der Waals surface area contributed by atoms with Crippen molar-refractivity contribution in [3.63, 3.8) is 0 Å². The number of hydrogen-bond donors (Lipinski definition) is 2. The number of carbonyl (C=O) groups is 2. The van der Waals surface area contributed by atoms with Crippen LogP contribution in [-0.2, 0) is 4.79 Å². The summed E-state index contributed by atoms with van der Waals surface area (Å²) in [6.45, 7) is 0.609. The van der Waals surface area contributed by atoms with Gasteiger partial charge in [-0.1, -0.05) is 11.6 Å². The van der Waals surface area contributed by atoms with Crippen LogP contribution >= 0.6 is 11.6 Å². The molecule has 7 heteroatoms. The second kappa shape index (κ2) is 5.80. The maximum absolute atomic E-state index is 12.0. The fraction of sp³-hybridized carbons (Fsp3) is 0.308. The average molecular weight is 294 g/mol. The van der Waals surface area contributed by atoms with Gasteiger partial charge in [0.15, 0.2) is 0 Å². The number of urea groups is 1. The first-order valence-corrected chi connectivity index (χ1v) is 6.37. The van der Waals surface area contributed by atoms with Crippen LogP contribution in [0.15, 0.2) is 18.2 Å². The van der Waals surface area contributed by atoms with E-state index < -0.39 is 11.9 Å². The molecule has 1 aliphatic rings. The molecule has 0 spiro atoms. The van der Waals surface area contributed by atoms with Crippen molar-refractivity contribution < 1.29 is 14.7 Å². The summed E-state index contributed by atoms with van der Waals surface area (Å²) in [6.07, 6.45) is 0.455. The number of carboxylic acids is 1. The topological polar surface area (TPSA) is 93.4 Å². The van der Waals surface area contributed by atoms with E-state index in [-0.39, 0.29) is 17.6 Å². The molecule has 1 saturated heterocycles. The molecule has 1 aromatic rings. The predicted octanol–water partition coefficient (Wildman–Crippen LogP) is 2.15. The van der Waals surface area contributed by atoms with Crippen LogP contribution < -0.4 is 5.32 Å². The van der Waals surface area contributed by atoms with E-state index in [0.29, 0.717) is 24.2 Å². The molecule has 2 N–H and O–H groups in total. The number of carbonyl (C=O) groups excluding carboxylic acids is 1. The third-order valence-corrected chi connectivity index (χ3v) is 3.48. The molecular formula is C13H12ClN3O3. The van der Waals surface area contributed by atoms with Gasteiger partial charge in [0.05, 0.1) is 16.5 Å². The van der Waals surface area contributed by atoms with Crippen molar-refractivity contribution >= 4 is 29.3 Å². The smallest absolute Gasteiger partial charge is 0.321 e. The summed E-state index contributed by atoms with van der Waals surface area (Å²) in [4.78, 5) is 24.2. The Hall–Kier alpha value is -2.26. The number of nitrogens with one attached hydrogen (secondary N) is 1. The lowest BCUT2D eigenvalue weighted by atomic mass is 10.1. The highest BCUT2D eigenvalue weighted by atomic mass is 35.5. The number of aliphatic carboxylic acids is 1. The van der Waals surface area contributed by atoms with E-state index in [4.69, 9.17) is 22.0 Å². The second-order valence-electron chi connectivity index (χ2n) is 4.51. The number of nitriles is 1. The van der Waals surface area contributed by atoms with Gasteiger partial charge in [0.2, 0.25) is 0 Å². The standard InChI is InChI=1S/C13H12ClN3O3/c14-11-5-10(2-1-8(11)6-15)16-13(20)17-4-3-9(7-17)12(18)19/h1-2,5,9H,3-4,7H2,(H,16,20)(H,18,19). The first kappa shape index (κ1) is 14.2. The number of amides is 2. The highest BCUT2D eigenvalue weighted by Crippen LogP contribution is 2.22. The Kier molecular flexibility index (Phi) is 4.11. The van der Waals surface area contributed by atoms with Gasteiger partial charge in [-0.2, -0.15) is 5.26 Å². The molecule has 1 aliphatic heterocycles. The summed E-state index contributed by atoms with van der Waals surface area (Å²) >= 11 is 5.87. The predicted molar refractivity (Wildman–Crippen MR) is 72.5 cm³/mol. The Bertz CT molecular complexity index is 597. The lowest BCUT2D eigenvalue weighted by Gasteiger charge is -2.16. The van der Waals surface area contributed by atoms with E-state index in [1.165, 1.54) is 17.0 Å². The van der Waals surface area contributed by atoms with Crippen LogP contribution in [0.3, 0.4) is 0 Å². The van der Waals surface area contributed by atoms with E-state index in [2.05, 4.69) is 5.32 Å². The molecule has 104 valence electrons. The fourth-order valence-electron chi connectivity index (χ4n) is 2.03. The highest BCUT2D eigenvalue weighted by Gasteiger charge is 2.30. The molecule has 0 saturated carbocycles. The molecule has 1 heterocycles. The Balaban J connectivity index is 2.01. The van der Waals surface area contributed by atoms with E-state index in [9.17, 15) is 9.59 Å². The van der Waals surface area contributed by atoms with Gasteiger partial charge in [-0.15, -0.1) is 0 Å². The molecule has 1 unspecified atom stereocenters. The van der Waals surface area contributed by atoms with Gasteiger partial charge in [0, 0.05) is 18.8 Å². The second-order valence-corrected chi connectivity index (χ2v) is 4.91. The summed E-state index contributed by atoms with van der Waals surface area (Å²) in [5.41, 5.74) is 0.801. The highest BCUT2D eigenvalue weighted by molar-refractivity contribution is 6.32. The zero-order chi connectivity index (χ0) is 14.7. The largest absolute Gasteiger partial charge is 0.481 e. The van der Waals surface area contributed by atoms with Crippen molar-refractivity contribution in [2.24, 2.45) is 5.92 Å². The normalized spacial score (nSPS) is 17.6. The average Bonchev–Trinajstić information content (AvgIpc) is 2.88. The molecule has 0 radical (unpaired) electrons. The quantitative estimate of drug-likeness (QED) is 0.873. The van der Waals surface area contributed by atoms with Crippen molar-refractivity contribution in [2.45, 2.75) is 6.42 Å². The molecule has 1 aromatic carbocycles. The van der Waals surface area contributed by atoms with Crippen LogP contribution in [0.1, 0.15) is 12.0 Å². The Morgan fingerprint density at radius 3 is 2.80 bits per heavy atom.